The first-order valence-corrected chi connectivity index (χ1v) is 6.28. The fourth-order valence-electron chi connectivity index (χ4n) is 2.04. The third-order valence-corrected chi connectivity index (χ3v) is 3.33. The Morgan fingerprint density at radius 1 is 1.61 bits per heavy atom. The van der Waals surface area contributed by atoms with Crippen molar-refractivity contribution in [1.82, 2.24) is 14.5 Å². The topological polar surface area (TPSA) is 63.7 Å². The highest BCUT2D eigenvalue weighted by Gasteiger charge is 2.22. The zero-order valence-corrected chi connectivity index (χ0v) is 10.4. The molecule has 1 atom stereocenters. The van der Waals surface area contributed by atoms with Crippen molar-refractivity contribution < 1.29 is 4.74 Å². The number of rotatable bonds is 3. The van der Waals surface area contributed by atoms with Gasteiger partial charge in [-0.25, -0.2) is 9.97 Å². The molecule has 3 heterocycles. The van der Waals surface area contributed by atoms with Crippen molar-refractivity contribution in [3.63, 3.8) is 0 Å². The van der Waals surface area contributed by atoms with Gasteiger partial charge in [-0.1, -0.05) is 0 Å². The standard InChI is InChI=1S/C12H11ClN4O/c13-4-11-16-10-3-8(5-14)6-15-12(10)17(11)7-9-1-2-18-9/h3,6,9H,1-2,4,7H2/t9-/m0/s1. The normalized spacial score (nSPS) is 18.6. The molecule has 1 fully saturated rings. The van der Waals surface area contributed by atoms with E-state index < -0.39 is 0 Å². The highest BCUT2D eigenvalue weighted by Crippen LogP contribution is 2.21. The Morgan fingerprint density at radius 2 is 2.44 bits per heavy atom. The molecular formula is C12H11ClN4O. The summed E-state index contributed by atoms with van der Waals surface area (Å²) in [6, 6.07) is 3.79. The van der Waals surface area contributed by atoms with Crippen molar-refractivity contribution >= 4 is 22.8 Å². The van der Waals surface area contributed by atoms with Crippen molar-refractivity contribution in [1.29, 1.82) is 5.26 Å². The van der Waals surface area contributed by atoms with Crippen LogP contribution in [0, 0.1) is 11.3 Å². The number of ether oxygens (including phenoxy) is 1. The Balaban J connectivity index is 2.06. The van der Waals surface area contributed by atoms with Crippen molar-refractivity contribution in [3.05, 3.63) is 23.7 Å². The van der Waals surface area contributed by atoms with Gasteiger partial charge in [-0.2, -0.15) is 5.26 Å². The Labute approximate surface area is 109 Å². The summed E-state index contributed by atoms with van der Waals surface area (Å²) in [5.41, 5.74) is 1.98. The number of aromatic nitrogens is 3. The number of halogens is 1. The summed E-state index contributed by atoms with van der Waals surface area (Å²) in [6.07, 6.45) is 2.83. The van der Waals surface area contributed by atoms with Crippen LogP contribution in [-0.4, -0.2) is 27.2 Å². The molecule has 2 aromatic rings. The SMILES string of the molecule is N#Cc1cnc2c(c1)nc(CCl)n2C[C@@H]1CCO1. The predicted octanol–water partition coefficient (Wildman–Crippen LogP) is 1.83. The first kappa shape index (κ1) is 11.5. The number of nitriles is 1. The van der Waals surface area contributed by atoms with Gasteiger partial charge in [0.15, 0.2) is 5.65 Å². The van der Waals surface area contributed by atoms with E-state index in [0.717, 1.165) is 31.0 Å². The Bertz CT molecular complexity index is 627. The molecule has 0 spiro atoms. The molecule has 0 unspecified atom stereocenters. The summed E-state index contributed by atoms with van der Waals surface area (Å²) in [7, 11) is 0. The van der Waals surface area contributed by atoms with E-state index in [2.05, 4.69) is 16.0 Å². The average Bonchev–Trinajstić information content (AvgIpc) is 2.70. The molecule has 3 rings (SSSR count). The molecule has 1 aliphatic heterocycles. The quantitative estimate of drug-likeness (QED) is 0.792. The van der Waals surface area contributed by atoms with E-state index in [1.54, 1.807) is 12.3 Å². The lowest BCUT2D eigenvalue weighted by Gasteiger charge is -2.27. The molecule has 0 radical (unpaired) electrons. The molecule has 92 valence electrons. The third kappa shape index (κ3) is 1.84. The number of imidazole rings is 1. The molecular weight excluding hydrogens is 252 g/mol. The van der Waals surface area contributed by atoms with Crippen LogP contribution in [0.3, 0.4) is 0 Å². The average molecular weight is 263 g/mol. The summed E-state index contributed by atoms with van der Waals surface area (Å²) < 4.78 is 7.41. The second-order valence-electron chi connectivity index (χ2n) is 4.23. The zero-order valence-electron chi connectivity index (χ0n) is 9.64. The van der Waals surface area contributed by atoms with Gasteiger partial charge in [0.2, 0.25) is 0 Å². The van der Waals surface area contributed by atoms with E-state index in [0.29, 0.717) is 17.0 Å². The summed E-state index contributed by atoms with van der Waals surface area (Å²) >= 11 is 5.90. The second-order valence-corrected chi connectivity index (χ2v) is 4.50. The number of nitrogens with zero attached hydrogens (tertiary/aromatic N) is 4. The second kappa shape index (κ2) is 4.56. The third-order valence-electron chi connectivity index (χ3n) is 3.09. The van der Waals surface area contributed by atoms with Crippen LogP contribution < -0.4 is 0 Å². The van der Waals surface area contributed by atoms with Crippen LogP contribution in [0.25, 0.3) is 11.2 Å². The van der Waals surface area contributed by atoms with Crippen molar-refractivity contribution in [3.8, 4) is 6.07 Å². The highest BCUT2D eigenvalue weighted by molar-refractivity contribution is 6.16. The first-order chi connectivity index (χ1) is 8.81. The molecule has 0 aliphatic carbocycles. The minimum atomic E-state index is 0.224. The van der Waals surface area contributed by atoms with Crippen LogP contribution in [-0.2, 0) is 17.2 Å². The summed E-state index contributed by atoms with van der Waals surface area (Å²) in [5, 5.41) is 8.85. The van der Waals surface area contributed by atoms with Crippen LogP contribution in [0.5, 0.6) is 0 Å². The largest absolute Gasteiger partial charge is 0.376 e. The number of hydrogen-bond acceptors (Lipinski definition) is 4. The van der Waals surface area contributed by atoms with Crippen LogP contribution in [0.1, 0.15) is 17.8 Å². The van der Waals surface area contributed by atoms with E-state index in [9.17, 15) is 0 Å². The lowest BCUT2D eigenvalue weighted by atomic mass is 10.2. The van der Waals surface area contributed by atoms with Gasteiger partial charge in [0.1, 0.15) is 17.4 Å². The number of hydrogen-bond donors (Lipinski definition) is 0. The monoisotopic (exact) mass is 262 g/mol. The molecule has 0 amide bonds. The molecule has 0 N–H and O–H groups in total. The summed E-state index contributed by atoms with van der Waals surface area (Å²) in [4.78, 5) is 8.71. The van der Waals surface area contributed by atoms with Gasteiger partial charge in [-0.3, -0.25) is 0 Å². The van der Waals surface area contributed by atoms with Gasteiger partial charge in [0.05, 0.1) is 24.1 Å². The number of alkyl halides is 1. The minimum absolute atomic E-state index is 0.224. The molecule has 18 heavy (non-hydrogen) atoms. The molecule has 0 aromatic carbocycles. The molecule has 5 nitrogen and oxygen atoms in total. The van der Waals surface area contributed by atoms with Gasteiger partial charge in [0.25, 0.3) is 0 Å². The van der Waals surface area contributed by atoms with Crippen LogP contribution in [0.15, 0.2) is 12.3 Å². The summed E-state index contributed by atoms with van der Waals surface area (Å²) in [6.45, 7) is 1.54. The molecule has 1 saturated heterocycles. The Kier molecular flexibility index (Phi) is 2.90. The molecule has 1 aliphatic rings. The van der Waals surface area contributed by atoms with Crippen LogP contribution in [0.2, 0.25) is 0 Å². The van der Waals surface area contributed by atoms with Gasteiger partial charge in [-0.05, 0) is 12.5 Å². The zero-order chi connectivity index (χ0) is 12.5. The maximum atomic E-state index is 8.85. The maximum absolute atomic E-state index is 8.85. The lowest BCUT2D eigenvalue weighted by molar-refractivity contribution is -0.0590. The number of pyridine rings is 1. The van der Waals surface area contributed by atoms with E-state index in [4.69, 9.17) is 21.6 Å². The van der Waals surface area contributed by atoms with E-state index >= 15 is 0 Å². The lowest BCUT2D eigenvalue weighted by Crippen LogP contribution is -2.31. The van der Waals surface area contributed by atoms with Crippen LogP contribution >= 0.6 is 11.6 Å². The highest BCUT2D eigenvalue weighted by atomic mass is 35.5. The van der Waals surface area contributed by atoms with E-state index in [-0.39, 0.29) is 6.10 Å². The van der Waals surface area contributed by atoms with Crippen molar-refractivity contribution in [2.75, 3.05) is 6.61 Å². The molecule has 0 saturated carbocycles. The van der Waals surface area contributed by atoms with Crippen LogP contribution in [0.4, 0.5) is 0 Å². The fourth-order valence-corrected chi connectivity index (χ4v) is 2.25. The van der Waals surface area contributed by atoms with E-state index in [1.165, 1.54) is 0 Å². The Hall–Kier alpha value is -1.64. The summed E-state index contributed by atoms with van der Waals surface area (Å²) in [5.74, 6) is 1.09. The fraction of sp³-hybridized carbons (Fsp3) is 0.417. The molecule has 0 bridgehead atoms. The number of fused-ring (bicyclic) bond motifs is 1. The molecule has 6 heteroatoms. The Morgan fingerprint density at radius 3 is 3.06 bits per heavy atom. The van der Waals surface area contributed by atoms with Gasteiger partial charge >= 0.3 is 0 Å². The maximum Gasteiger partial charge on any atom is 0.160 e. The first-order valence-electron chi connectivity index (χ1n) is 5.74. The minimum Gasteiger partial charge on any atom is -0.376 e. The van der Waals surface area contributed by atoms with Gasteiger partial charge in [0, 0.05) is 12.8 Å². The molecule has 2 aromatic heterocycles. The van der Waals surface area contributed by atoms with E-state index in [1.807, 2.05) is 4.57 Å². The van der Waals surface area contributed by atoms with Gasteiger partial charge in [-0.15, -0.1) is 11.6 Å². The predicted molar refractivity (Wildman–Crippen MR) is 66.2 cm³/mol. The van der Waals surface area contributed by atoms with Crippen molar-refractivity contribution in [2.45, 2.75) is 24.9 Å². The van der Waals surface area contributed by atoms with Gasteiger partial charge < -0.3 is 9.30 Å². The van der Waals surface area contributed by atoms with Crippen molar-refractivity contribution in [2.24, 2.45) is 0 Å². The smallest absolute Gasteiger partial charge is 0.160 e.